The van der Waals surface area contributed by atoms with Gasteiger partial charge < -0.3 is 4.98 Å². The van der Waals surface area contributed by atoms with Crippen molar-refractivity contribution in [2.75, 3.05) is 0 Å². The fraction of sp³-hybridized carbons (Fsp3) is 0.300. The maximum atomic E-state index is 5.78. The van der Waals surface area contributed by atoms with E-state index >= 15 is 0 Å². The number of aromatic nitrogens is 2. The van der Waals surface area contributed by atoms with Gasteiger partial charge in [0.25, 0.3) is 0 Å². The van der Waals surface area contributed by atoms with Gasteiger partial charge in [0.15, 0.2) is 0 Å². The molecule has 68 valence electrons. The van der Waals surface area contributed by atoms with Crippen LogP contribution in [0.25, 0.3) is 11.0 Å². The molecule has 0 unspecified atom stereocenters. The van der Waals surface area contributed by atoms with Gasteiger partial charge in [0.05, 0.1) is 11.0 Å². The van der Waals surface area contributed by atoms with Crippen molar-refractivity contribution in [3.05, 3.63) is 29.0 Å². The fourth-order valence-electron chi connectivity index (χ4n) is 1.44. The normalized spacial score (nSPS) is 10.9. The first-order chi connectivity index (χ1) is 6.29. The van der Waals surface area contributed by atoms with E-state index in [9.17, 15) is 0 Å². The minimum atomic E-state index is 0.551. The van der Waals surface area contributed by atoms with Crippen molar-refractivity contribution in [2.24, 2.45) is 0 Å². The van der Waals surface area contributed by atoms with Crippen LogP contribution in [0.2, 0.25) is 5.15 Å². The maximum absolute atomic E-state index is 5.78. The van der Waals surface area contributed by atoms with Crippen molar-refractivity contribution in [3.8, 4) is 0 Å². The molecular formula is C10H11ClN2. The molecule has 0 radical (unpaired) electrons. The highest BCUT2D eigenvalue weighted by atomic mass is 35.5. The highest BCUT2D eigenvalue weighted by Crippen LogP contribution is 2.16. The molecule has 0 spiro atoms. The summed E-state index contributed by atoms with van der Waals surface area (Å²) in [5.74, 6) is 0. The van der Waals surface area contributed by atoms with Crippen LogP contribution in [0.15, 0.2) is 18.2 Å². The number of aryl methyl sites for hydroxylation is 1. The quantitative estimate of drug-likeness (QED) is 0.731. The number of nitrogens with zero attached hydrogens (tertiary/aromatic N) is 1. The van der Waals surface area contributed by atoms with Gasteiger partial charge in [0, 0.05) is 5.69 Å². The highest BCUT2D eigenvalue weighted by Gasteiger charge is 2.01. The summed E-state index contributed by atoms with van der Waals surface area (Å²) in [5.41, 5.74) is 3.25. The van der Waals surface area contributed by atoms with Gasteiger partial charge in [-0.1, -0.05) is 24.9 Å². The van der Waals surface area contributed by atoms with Crippen LogP contribution in [-0.2, 0) is 6.42 Å². The third-order valence-electron chi connectivity index (χ3n) is 2.02. The number of hydrogen-bond donors (Lipinski definition) is 1. The number of nitrogens with one attached hydrogen (secondary N) is 1. The van der Waals surface area contributed by atoms with Crippen LogP contribution in [-0.4, -0.2) is 9.97 Å². The zero-order valence-electron chi connectivity index (χ0n) is 7.47. The van der Waals surface area contributed by atoms with Crippen molar-refractivity contribution in [1.82, 2.24) is 9.97 Å². The van der Waals surface area contributed by atoms with Crippen LogP contribution in [0.3, 0.4) is 0 Å². The topological polar surface area (TPSA) is 28.7 Å². The molecule has 0 aliphatic rings. The molecule has 2 aromatic heterocycles. The van der Waals surface area contributed by atoms with E-state index in [-0.39, 0.29) is 0 Å². The fourth-order valence-corrected chi connectivity index (χ4v) is 1.60. The van der Waals surface area contributed by atoms with E-state index in [2.05, 4.69) is 23.0 Å². The summed E-state index contributed by atoms with van der Waals surface area (Å²) in [6.07, 6.45) is 2.20. The molecule has 2 nitrogen and oxygen atoms in total. The summed E-state index contributed by atoms with van der Waals surface area (Å²) in [6.45, 7) is 2.16. The van der Waals surface area contributed by atoms with E-state index in [1.54, 1.807) is 6.07 Å². The van der Waals surface area contributed by atoms with Crippen LogP contribution >= 0.6 is 11.6 Å². The van der Waals surface area contributed by atoms with Crippen LogP contribution in [0.1, 0.15) is 19.0 Å². The Balaban J connectivity index is 2.49. The van der Waals surface area contributed by atoms with E-state index in [0.717, 1.165) is 23.9 Å². The van der Waals surface area contributed by atoms with Crippen molar-refractivity contribution >= 4 is 22.6 Å². The number of pyridine rings is 1. The zero-order chi connectivity index (χ0) is 9.26. The molecule has 0 amide bonds. The summed E-state index contributed by atoms with van der Waals surface area (Å²) in [4.78, 5) is 7.52. The summed E-state index contributed by atoms with van der Waals surface area (Å²) in [6, 6.07) is 5.82. The maximum Gasteiger partial charge on any atom is 0.129 e. The minimum absolute atomic E-state index is 0.551. The Labute approximate surface area is 81.9 Å². The Morgan fingerprint density at radius 2 is 2.31 bits per heavy atom. The Morgan fingerprint density at radius 1 is 1.46 bits per heavy atom. The number of rotatable bonds is 2. The second kappa shape index (κ2) is 3.38. The van der Waals surface area contributed by atoms with Gasteiger partial charge >= 0.3 is 0 Å². The lowest BCUT2D eigenvalue weighted by Crippen LogP contribution is -1.79. The largest absolute Gasteiger partial charge is 0.357 e. The van der Waals surface area contributed by atoms with Gasteiger partial charge in [-0.15, -0.1) is 0 Å². The molecule has 0 aliphatic carbocycles. The lowest BCUT2D eigenvalue weighted by Gasteiger charge is -1.89. The molecule has 0 aromatic carbocycles. The third kappa shape index (κ3) is 1.68. The Hall–Kier alpha value is -1.02. The number of H-pyrrole nitrogens is 1. The van der Waals surface area contributed by atoms with Crippen LogP contribution < -0.4 is 0 Å². The first kappa shape index (κ1) is 8.57. The SMILES string of the molecule is CCCc1cc2nc(Cl)ccc2[nH]1. The van der Waals surface area contributed by atoms with Crippen molar-refractivity contribution in [1.29, 1.82) is 0 Å². The molecule has 2 aromatic rings. The van der Waals surface area contributed by atoms with Gasteiger partial charge in [-0.2, -0.15) is 0 Å². The number of aromatic amines is 1. The second-order valence-electron chi connectivity index (χ2n) is 3.11. The minimum Gasteiger partial charge on any atom is -0.357 e. The number of fused-ring (bicyclic) bond motifs is 1. The Morgan fingerprint density at radius 3 is 3.08 bits per heavy atom. The molecule has 3 heteroatoms. The van der Waals surface area contributed by atoms with Gasteiger partial charge in [-0.3, -0.25) is 0 Å². The molecular weight excluding hydrogens is 184 g/mol. The lowest BCUT2D eigenvalue weighted by atomic mass is 10.2. The number of hydrogen-bond acceptors (Lipinski definition) is 1. The predicted octanol–water partition coefficient (Wildman–Crippen LogP) is 3.17. The van der Waals surface area contributed by atoms with E-state index in [0.29, 0.717) is 5.15 Å². The van der Waals surface area contributed by atoms with Gasteiger partial charge in [-0.05, 0) is 24.6 Å². The smallest absolute Gasteiger partial charge is 0.129 e. The third-order valence-corrected chi connectivity index (χ3v) is 2.23. The summed E-state index contributed by atoms with van der Waals surface area (Å²) in [5, 5.41) is 0.551. The standard InChI is InChI=1S/C10H11ClN2/c1-2-3-7-6-9-8(12-7)4-5-10(11)13-9/h4-6,12H,2-3H2,1H3. The first-order valence-electron chi connectivity index (χ1n) is 4.43. The van der Waals surface area contributed by atoms with Crippen molar-refractivity contribution in [2.45, 2.75) is 19.8 Å². The monoisotopic (exact) mass is 194 g/mol. The molecule has 0 fully saturated rings. The average molecular weight is 195 g/mol. The second-order valence-corrected chi connectivity index (χ2v) is 3.50. The molecule has 0 saturated heterocycles. The summed E-state index contributed by atoms with van der Waals surface area (Å²) >= 11 is 5.78. The zero-order valence-corrected chi connectivity index (χ0v) is 8.23. The highest BCUT2D eigenvalue weighted by molar-refractivity contribution is 6.29. The van der Waals surface area contributed by atoms with E-state index in [1.807, 2.05) is 6.07 Å². The molecule has 13 heavy (non-hydrogen) atoms. The van der Waals surface area contributed by atoms with Crippen LogP contribution in [0, 0.1) is 0 Å². The lowest BCUT2D eigenvalue weighted by molar-refractivity contribution is 0.896. The van der Waals surface area contributed by atoms with Gasteiger partial charge in [0.2, 0.25) is 0 Å². The van der Waals surface area contributed by atoms with Gasteiger partial charge in [0.1, 0.15) is 5.15 Å². The average Bonchev–Trinajstić information content (AvgIpc) is 2.46. The Bertz CT molecular complexity index is 420. The first-order valence-corrected chi connectivity index (χ1v) is 4.81. The molecule has 0 bridgehead atoms. The molecule has 1 N–H and O–H groups in total. The van der Waals surface area contributed by atoms with E-state index < -0.39 is 0 Å². The van der Waals surface area contributed by atoms with Gasteiger partial charge in [-0.25, -0.2) is 4.98 Å². The van der Waals surface area contributed by atoms with E-state index in [1.165, 1.54) is 5.69 Å². The molecule has 2 heterocycles. The molecule has 0 saturated carbocycles. The predicted molar refractivity (Wildman–Crippen MR) is 55.1 cm³/mol. The number of halogens is 1. The van der Waals surface area contributed by atoms with E-state index in [4.69, 9.17) is 11.6 Å². The molecule has 0 aliphatic heterocycles. The molecule has 2 rings (SSSR count). The van der Waals surface area contributed by atoms with Crippen molar-refractivity contribution < 1.29 is 0 Å². The van der Waals surface area contributed by atoms with Crippen LogP contribution in [0.4, 0.5) is 0 Å². The van der Waals surface area contributed by atoms with Crippen LogP contribution in [0.5, 0.6) is 0 Å². The summed E-state index contributed by atoms with van der Waals surface area (Å²) in [7, 11) is 0. The summed E-state index contributed by atoms with van der Waals surface area (Å²) < 4.78 is 0. The Kier molecular flexibility index (Phi) is 2.23. The van der Waals surface area contributed by atoms with Crippen molar-refractivity contribution in [3.63, 3.8) is 0 Å². The molecule has 0 atom stereocenters.